The van der Waals surface area contributed by atoms with Crippen molar-refractivity contribution in [2.75, 3.05) is 31.7 Å². The summed E-state index contributed by atoms with van der Waals surface area (Å²) < 4.78 is 5.05. The molecule has 1 aromatic heterocycles. The van der Waals surface area contributed by atoms with Gasteiger partial charge in [-0.3, -0.25) is 0 Å². The van der Waals surface area contributed by atoms with Crippen LogP contribution in [0.3, 0.4) is 0 Å². The Morgan fingerprint density at radius 1 is 1.50 bits per heavy atom. The van der Waals surface area contributed by atoms with Crippen LogP contribution < -0.4 is 4.90 Å². The number of aromatic nitrogens is 1. The molecule has 0 amide bonds. The maximum atomic E-state index is 11.2. The van der Waals surface area contributed by atoms with Crippen LogP contribution >= 0.6 is 11.3 Å². The lowest BCUT2D eigenvalue weighted by atomic mass is 10.2. The summed E-state index contributed by atoms with van der Waals surface area (Å²) in [7, 11) is 1.65. The van der Waals surface area contributed by atoms with E-state index in [1.807, 2.05) is 18.7 Å². The number of anilines is 1. The molecule has 6 heteroatoms. The number of aromatic carboxylic acids is 1. The second kappa shape index (κ2) is 7.33. The predicted molar refractivity (Wildman–Crippen MR) is 72.8 cm³/mol. The lowest BCUT2D eigenvalue weighted by molar-refractivity contribution is 0.0700. The average molecular weight is 272 g/mol. The minimum atomic E-state index is -0.884. The molecule has 0 saturated heterocycles. The first kappa shape index (κ1) is 14.9. The van der Waals surface area contributed by atoms with E-state index in [1.165, 1.54) is 11.3 Å². The Morgan fingerprint density at radius 3 is 2.72 bits per heavy atom. The third-order valence-corrected chi connectivity index (χ3v) is 3.73. The van der Waals surface area contributed by atoms with Gasteiger partial charge in [-0.15, -0.1) is 0 Å². The number of ether oxygens (including phenoxy) is 1. The number of carboxylic acids is 1. The van der Waals surface area contributed by atoms with Gasteiger partial charge in [-0.25, -0.2) is 9.78 Å². The normalized spacial score (nSPS) is 10.6. The second-order valence-corrected chi connectivity index (χ2v) is 4.88. The number of methoxy groups -OCH3 is 1. The largest absolute Gasteiger partial charge is 0.477 e. The van der Waals surface area contributed by atoms with Crippen molar-refractivity contribution in [1.29, 1.82) is 0 Å². The molecule has 0 aromatic carbocycles. The Bertz CT molecular complexity index is 393. The molecule has 5 nitrogen and oxygen atoms in total. The van der Waals surface area contributed by atoms with E-state index >= 15 is 0 Å². The number of likely N-dealkylation sites (N-methyl/N-ethyl adjacent to an activating group) is 1. The van der Waals surface area contributed by atoms with Crippen molar-refractivity contribution in [3.63, 3.8) is 0 Å². The molecule has 1 rings (SSSR count). The van der Waals surface area contributed by atoms with Gasteiger partial charge in [0.15, 0.2) is 5.13 Å². The van der Waals surface area contributed by atoms with Gasteiger partial charge >= 0.3 is 5.97 Å². The van der Waals surface area contributed by atoms with Crippen molar-refractivity contribution in [2.24, 2.45) is 0 Å². The van der Waals surface area contributed by atoms with Crippen LogP contribution in [0.15, 0.2) is 0 Å². The van der Waals surface area contributed by atoms with E-state index in [9.17, 15) is 4.79 Å². The zero-order valence-electron chi connectivity index (χ0n) is 11.1. The molecule has 102 valence electrons. The number of aryl methyl sites for hydroxylation is 1. The van der Waals surface area contributed by atoms with Gasteiger partial charge in [-0.2, -0.15) is 0 Å². The first-order valence-corrected chi connectivity index (χ1v) is 6.92. The first-order chi connectivity index (χ1) is 8.63. The summed E-state index contributed by atoms with van der Waals surface area (Å²) in [6.45, 7) is 6.18. The summed E-state index contributed by atoms with van der Waals surface area (Å²) in [5.41, 5.74) is 0.695. The number of rotatable bonds is 8. The number of hydrogen-bond acceptors (Lipinski definition) is 5. The Morgan fingerprint density at radius 2 is 2.22 bits per heavy atom. The van der Waals surface area contributed by atoms with Gasteiger partial charge in [0.1, 0.15) is 4.88 Å². The quantitative estimate of drug-likeness (QED) is 0.786. The highest BCUT2D eigenvalue weighted by molar-refractivity contribution is 7.17. The Kier molecular flexibility index (Phi) is 6.07. The molecule has 0 aliphatic heterocycles. The van der Waals surface area contributed by atoms with Crippen LogP contribution in [0.1, 0.15) is 35.6 Å². The van der Waals surface area contributed by atoms with E-state index in [-0.39, 0.29) is 0 Å². The van der Waals surface area contributed by atoms with Crippen LogP contribution in [0.2, 0.25) is 0 Å². The average Bonchev–Trinajstić information content (AvgIpc) is 2.75. The molecular formula is C12H20N2O3S. The minimum absolute atomic E-state index is 0.364. The molecule has 0 unspecified atom stereocenters. The van der Waals surface area contributed by atoms with Gasteiger partial charge in [0.25, 0.3) is 0 Å². The monoisotopic (exact) mass is 272 g/mol. The van der Waals surface area contributed by atoms with Gasteiger partial charge in [0, 0.05) is 20.2 Å². The van der Waals surface area contributed by atoms with E-state index in [2.05, 4.69) is 4.98 Å². The van der Waals surface area contributed by atoms with Crippen LogP contribution in [0.25, 0.3) is 0 Å². The van der Waals surface area contributed by atoms with Crippen LogP contribution in [-0.2, 0) is 11.2 Å². The summed E-state index contributed by atoms with van der Waals surface area (Å²) in [5, 5.41) is 9.94. The summed E-state index contributed by atoms with van der Waals surface area (Å²) in [4.78, 5) is 18.0. The summed E-state index contributed by atoms with van der Waals surface area (Å²) >= 11 is 1.25. The molecule has 0 bridgehead atoms. The van der Waals surface area contributed by atoms with Gasteiger partial charge in [-0.1, -0.05) is 24.7 Å². The molecule has 0 spiro atoms. The van der Waals surface area contributed by atoms with E-state index < -0.39 is 5.97 Å². The number of hydrogen-bond donors (Lipinski definition) is 1. The molecule has 18 heavy (non-hydrogen) atoms. The topological polar surface area (TPSA) is 62.7 Å². The predicted octanol–water partition coefficient (Wildman–Crippen LogP) is 2.27. The van der Waals surface area contributed by atoms with Gasteiger partial charge < -0.3 is 14.7 Å². The van der Waals surface area contributed by atoms with Crippen LogP contribution in [-0.4, -0.2) is 42.9 Å². The molecule has 1 heterocycles. The highest BCUT2D eigenvalue weighted by atomic mass is 32.1. The Labute approximate surface area is 111 Å². The van der Waals surface area contributed by atoms with Crippen LogP contribution in [0, 0.1) is 0 Å². The molecule has 0 saturated carbocycles. The lowest BCUT2D eigenvalue weighted by Crippen LogP contribution is -2.26. The zero-order valence-corrected chi connectivity index (χ0v) is 11.9. The summed E-state index contributed by atoms with van der Waals surface area (Å²) in [5.74, 6) is -0.884. The third-order valence-electron chi connectivity index (χ3n) is 2.58. The first-order valence-electron chi connectivity index (χ1n) is 6.10. The Balaban J connectivity index is 2.93. The van der Waals surface area contributed by atoms with E-state index in [1.54, 1.807) is 7.11 Å². The molecular weight excluding hydrogens is 252 g/mol. The molecule has 0 atom stereocenters. The fourth-order valence-electron chi connectivity index (χ4n) is 1.64. The van der Waals surface area contributed by atoms with Crippen molar-refractivity contribution in [2.45, 2.75) is 26.7 Å². The highest BCUT2D eigenvalue weighted by Gasteiger charge is 2.19. The molecule has 0 aliphatic rings. The van der Waals surface area contributed by atoms with Crippen molar-refractivity contribution >= 4 is 22.4 Å². The van der Waals surface area contributed by atoms with Gasteiger partial charge in [0.2, 0.25) is 0 Å². The van der Waals surface area contributed by atoms with Gasteiger partial charge in [0.05, 0.1) is 12.3 Å². The second-order valence-electron chi connectivity index (χ2n) is 3.90. The number of carboxylic acid groups (broad SMARTS) is 1. The maximum Gasteiger partial charge on any atom is 0.347 e. The molecule has 1 aromatic rings. The summed E-state index contributed by atoms with van der Waals surface area (Å²) in [6, 6.07) is 0. The van der Waals surface area contributed by atoms with Crippen molar-refractivity contribution in [1.82, 2.24) is 4.98 Å². The maximum absolute atomic E-state index is 11.2. The number of thiazole rings is 1. The van der Waals surface area contributed by atoms with Crippen molar-refractivity contribution < 1.29 is 14.6 Å². The van der Waals surface area contributed by atoms with Crippen molar-refractivity contribution in [3.8, 4) is 0 Å². The molecule has 0 aliphatic carbocycles. The van der Waals surface area contributed by atoms with Crippen LogP contribution in [0.5, 0.6) is 0 Å². The van der Waals surface area contributed by atoms with E-state index in [0.29, 0.717) is 23.6 Å². The fourth-order valence-corrected chi connectivity index (χ4v) is 2.68. The standard InChI is InChI=1S/C12H20N2O3S/c1-4-6-9-10(11(15)16)18-12(13-9)14(5-2)7-8-17-3/h4-8H2,1-3H3,(H,15,16). The van der Waals surface area contributed by atoms with Gasteiger partial charge in [-0.05, 0) is 13.3 Å². The number of nitrogens with zero attached hydrogens (tertiary/aromatic N) is 2. The Hall–Kier alpha value is -1.14. The van der Waals surface area contributed by atoms with Crippen LogP contribution in [0.4, 0.5) is 5.13 Å². The summed E-state index contributed by atoms with van der Waals surface area (Å²) in [6.07, 6.45) is 1.60. The fraction of sp³-hybridized carbons (Fsp3) is 0.667. The minimum Gasteiger partial charge on any atom is -0.477 e. The lowest BCUT2D eigenvalue weighted by Gasteiger charge is -2.18. The zero-order chi connectivity index (χ0) is 13.5. The van der Waals surface area contributed by atoms with E-state index in [0.717, 1.165) is 24.6 Å². The molecule has 0 radical (unpaired) electrons. The molecule has 0 fully saturated rings. The van der Waals surface area contributed by atoms with E-state index in [4.69, 9.17) is 9.84 Å². The number of carbonyl (C=O) groups is 1. The third kappa shape index (κ3) is 3.68. The SMILES string of the molecule is CCCc1nc(N(CC)CCOC)sc1C(=O)O. The highest BCUT2D eigenvalue weighted by Crippen LogP contribution is 2.27. The molecule has 1 N–H and O–H groups in total. The van der Waals surface area contributed by atoms with Crippen molar-refractivity contribution in [3.05, 3.63) is 10.6 Å². The smallest absolute Gasteiger partial charge is 0.347 e.